The average molecular weight is 323 g/mol. The molecule has 126 valence electrons. The molecule has 0 heterocycles. The lowest BCUT2D eigenvalue weighted by Gasteiger charge is -2.05. The number of carbonyl (C=O) groups excluding carboxylic acids is 1. The van der Waals surface area contributed by atoms with Gasteiger partial charge in [0.15, 0.2) is 0 Å². The van der Waals surface area contributed by atoms with Crippen molar-refractivity contribution in [2.45, 2.75) is 26.2 Å². The van der Waals surface area contributed by atoms with E-state index in [9.17, 15) is 4.79 Å². The minimum absolute atomic E-state index is 0.0727. The molecule has 2 aromatic rings. The van der Waals surface area contributed by atoms with Gasteiger partial charge < -0.3 is 10.1 Å². The highest BCUT2D eigenvalue weighted by Crippen LogP contribution is 2.15. The van der Waals surface area contributed by atoms with Crippen molar-refractivity contribution in [2.24, 2.45) is 0 Å². The van der Waals surface area contributed by atoms with Crippen molar-refractivity contribution in [1.82, 2.24) is 5.32 Å². The van der Waals surface area contributed by atoms with Gasteiger partial charge in [-0.2, -0.15) is 0 Å². The smallest absolute Gasteiger partial charge is 0.244 e. The standard InChI is InChI=1S/C21H25NO2/c1-16(2)19-9-4-17(5-10-19)8-13-21(23)22-15-14-18-6-11-20(24-3)12-7-18/h4-13,16H,14-15H2,1-3H3,(H,22,23)/b13-8-. The molecule has 2 aromatic carbocycles. The first-order valence-electron chi connectivity index (χ1n) is 8.27. The second-order valence-electron chi connectivity index (χ2n) is 6.04. The van der Waals surface area contributed by atoms with Crippen LogP contribution >= 0.6 is 0 Å². The van der Waals surface area contributed by atoms with Crippen molar-refractivity contribution in [3.63, 3.8) is 0 Å². The van der Waals surface area contributed by atoms with Gasteiger partial charge in [0.2, 0.25) is 5.91 Å². The lowest BCUT2D eigenvalue weighted by Crippen LogP contribution is -2.23. The largest absolute Gasteiger partial charge is 0.497 e. The zero-order chi connectivity index (χ0) is 17.4. The number of benzene rings is 2. The Morgan fingerprint density at radius 3 is 2.33 bits per heavy atom. The van der Waals surface area contributed by atoms with E-state index in [1.54, 1.807) is 13.2 Å². The molecule has 0 saturated carbocycles. The topological polar surface area (TPSA) is 38.3 Å². The Labute approximate surface area is 144 Å². The van der Waals surface area contributed by atoms with E-state index >= 15 is 0 Å². The van der Waals surface area contributed by atoms with E-state index in [0.717, 1.165) is 17.7 Å². The fourth-order valence-corrected chi connectivity index (χ4v) is 2.35. The number of amides is 1. The number of hydrogen-bond donors (Lipinski definition) is 1. The van der Waals surface area contributed by atoms with Gasteiger partial charge in [0.05, 0.1) is 7.11 Å². The summed E-state index contributed by atoms with van der Waals surface area (Å²) in [5.41, 5.74) is 3.50. The van der Waals surface area contributed by atoms with Gasteiger partial charge >= 0.3 is 0 Å². The van der Waals surface area contributed by atoms with Crippen LogP contribution in [0.5, 0.6) is 5.75 Å². The molecule has 3 nitrogen and oxygen atoms in total. The average Bonchev–Trinajstić information content (AvgIpc) is 2.61. The van der Waals surface area contributed by atoms with E-state index in [4.69, 9.17) is 4.74 Å². The van der Waals surface area contributed by atoms with E-state index in [1.807, 2.05) is 42.5 Å². The maximum atomic E-state index is 11.9. The van der Waals surface area contributed by atoms with E-state index in [-0.39, 0.29) is 5.91 Å². The number of carbonyl (C=O) groups is 1. The summed E-state index contributed by atoms with van der Waals surface area (Å²) < 4.78 is 5.13. The van der Waals surface area contributed by atoms with Gasteiger partial charge in [-0.25, -0.2) is 0 Å². The van der Waals surface area contributed by atoms with E-state index < -0.39 is 0 Å². The zero-order valence-electron chi connectivity index (χ0n) is 14.6. The third-order valence-electron chi connectivity index (χ3n) is 3.90. The molecule has 0 spiro atoms. The molecule has 0 bridgehead atoms. The lowest BCUT2D eigenvalue weighted by molar-refractivity contribution is -0.116. The Bertz CT molecular complexity index is 670. The van der Waals surface area contributed by atoms with Crippen LogP contribution in [0.25, 0.3) is 6.08 Å². The van der Waals surface area contributed by atoms with Crippen molar-refractivity contribution < 1.29 is 9.53 Å². The molecule has 24 heavy (non-hydrogen) atoms. The first kappa shape index (κ1) is 17.8. The molecule has 0 atom stereocenters. The van der Waals surface area contributed by atoms with Gasteiger partial charge in [-0.15, -0.1) is 0 Å². The highest BCUT2D eigenvalue weighted by Gasteiger charge is 1.99. The molecule has 0 aliphatic carbocycles. The number of methoxy groups -OCH3 is 1. The van der Waals surface area contributed by atoms with E-state index in [1.165, 1.54) is 11.1 Å². The first-order valence-corrected chi connectivity index (χ1v) is 8.27. The van der Waals surface area contributed by atoms with Crippen molar-refractivity contribution in [1.29, 1.82) is 0 Å². The molecule has 0 aliphatic heterocycles. The molecule has 0 saturated heterocycles. The van der Waals surface area contributed by atoms with Gasteiger partial charge in [0.25, 0.3) is 0 Å². The van der Waals surface area contributed by atoms with Crippen LogP contribution in [0.2, 0.25) is 0 Å². The fraction of sp³-hybridized carbons (Fsp3) is 0.286. The van der Waals surface area contributed by atoms with E-state index in [2.05, 4.69) is 31.3 Å². The minimum Gasteiger partial charge on any atom is -0.497 e. The third kappa shape index (κ3) is 5.58. The highest BCUT2D eigenvalue weighted by atomic mass is 16.5. The van der Waals surface area contributed by atoms with Crippen LogP contribution in [-0.2, 0) is 11.2 Å². The minimum atomic E-state index is -0.0727. The number of hydrogen-bond acceptors (Lipinski definition) is 2. The van der Waals surface area contributed by atoms with Crippen LogP contribution in [-0.4, -0.2) is 19.6 Å². The second kappa shape index (κ2) is 8.92. The summed E-state index contributed by atoms with van der Waals surface area (Å²) >= 11 is 0. The molecule has 1 N–H and O–H groups in total. The molecular formula is C21H25NO2. The Morgan fingerprint density at radius 2 is 1.75 bits per heavy atom. The van der Waals surface area contributed by atoms with Crippen LogP contribution in [0, 0.1) is 0 Å². The maximum absolute atomic E-state index is 11.9. The van der Waals surface area contributed by atoms with E-state index in [0.29, 0.717) is 12.5 Å². The SMILES string of the molecule is COc1ccc(CCNC(=O)/C=C\c2ccc(C(C)C)cc2)cc1. The van der Waals surface area contributed by atoms with Crippen LogP contribution in [0.3, 0.4) is 0 Å². The summed E-state index contributed by atoms with van der Waals surface area (Å²) in [6.45, 7) is 4.95. The number of ether oxygens (including phenoxy) is 1. The third-order valence-corrected chi connectivity index (χ3v) is 3.90. The fourth-order valence-electron chi connectivity index (χ4n) is 2.35. The number of nitrogens with one attached hydrogen (secondary N) is 1. The van der Waals surface area contributed by atoms with Crippen LogP contribution < -0.4 is 10.1 Å². The predicted octanol–water partition coefficient (Wildman–Crippen LogP) is 4.19. The molecule has 1 amide bonds. The Kier molecular flexibility index (Phi) is 6.62. The van der Waals surface area contributed by atoms with Gasteiger partial charge in [-0.05, 0) is 47.2 Å². The number of rotatable bonds is 7. The van der Waals surface area contributed by atoms with Crippen molar-refractivity contribution in [3.8, 4) is 5.75 Å². The molecule has 0 fully saturated rings. The Morgan fingerprint density at radius 1 is 1.08 bits per heavy atom. The lowest BCUT2D eigenvalue weighted by atomic mass is 10.0. The monoisotopic (exact) mass is 323 g/mol. The second-order valence-corrected chi connectivity index (χ2v) is 6.04. The summed E-state index contributed by atoms with van der Waals surface area (Å²) in [6.07, 6.45) is 4.22. The van der Waals surface area contributed by atoms with Crippen molar-refractivity contribution in [2.75, 3.05) is 13.7 Å². The van der Waals surface area contributed by atoms with Gasteiger partial charge in [-0.3, -0.25) is 4.79 Å². The van der Waals surface area contributed by atoms with Crippen LogP contribution in [0.4, 0.5) is 0 Å². The zero-order valence-corrected chi connectivity index (χ0v) is 14.6. The normalized spacial score (nSPS) is 11.0. The molecule has 0 unspecified atom stereocenters. The summed E-state index contributed by atoms with van der Waals surface area (Å²) in [4.78, 5) is 11.9. The van der Waals surface area contributed by atoms with Crippen LogP contribution in [0.1, 0.15) is 36.5 Å². The van der Waals surface area contributed by atoms with Gasteiger partial charge in [0, 0.05) is 12.6 Å². The van der Waals surface area contributed by atoms with Gasteiger partial charge in [-0.1, -0.05) is 50.2 Å². The van der Waals surface area contributed by atoms with Crippen LogP contribution in [0.15, 0.2) is 54.6 Å². The van der Waals surface area contributed by atoms with Crippen molar-refractivity contribution in [3.05, 3.63) is 71.3 Å². The molecule has 0 radical (unpaired) electrons. The molecule has 3 heteroatoms. The molecule has 0 aliphatic rings. The summed E-state index contributed by atoms with van der Waals surface area (Å²) in [5, 5.41) is 2.90. The summed E-state index contributed by atoms with van der Waals surface area (Å²) in [7, 11) is 1.65. The Balaban J connectivity index is 1.77. The first-order chi connectivity index (χ1) is 11.6. The summed E-state index contributed by atoms with van der Waals surface area (Å²) in [5.74, 6) is 1.29. The Hall–Kier alpha value is -2.55. The molecule has 0 aromatic heterocycles. The maximum Gasteiger partial charge on any atom is 0.244 e. The summed E-state index contributed by atoms with van der Waals surface area (Å²) in [6, 6.07) is 16.2. The highest BCUT2D eigenvalue weighted by molar-refractivity contribution is 5.91. The molecule has 2 rings (SSSR count). The predicted molar refractivity (Wildman–Crippen MR) is 99.3 cm³/mol. The quantitative estimate of drug-likeness (QED) is 0.776. The molecular weight excluding hydrogens is 298 g/mol. The van der Waals surface area contributed by atoms with Gasteiger partial charge in [0.1, 0.15) is 5.75 Å². The van der Waals surface area contributed by atoms with Crippen molar-refractivity contribution >= 4 is 12.0 Å².